The van der Waals surface area contributed by atoms with Gasteiger partial charge < -0.3 is 14.8 Å². The number of nitrogens with zero attached hydrogens (tertiary/aromatic N) is 5. The third-order valence-corrected chi connectivity index (χ3v) is 6.05. The van der Waals surface area contributed by atoms with Gasteiger partial charge in [0.2, 0.25) is 0 Å². The molecule has 1 aliphatic rings. The number of ketones is 1. The van der Waals surface area contributed by atoms with Crippen molar-refractivity contribution in [3.63, 3.8) is 0 Å². The Bertz CT molecular complexity index is 1380. The molecule has 3 aromatic heterocycles. The molecule has 0 unspecified atom stereocenters. The van der Waals surface area contributed by atoms with E-state index in [1.165, 1.54) is 11.2 Å². The predicted octanol–water partition coefficient (Wildman–Crippen LogP) is 2.50. The van der Waals surface area contributed by atoms with E-state index in [1.807, 2.05) is 25.1 Å². The second kappa shape index (κ2) is 8.86. The van der Waals surface area contributed by atoms with Crippen molar-refractivity contribution in [3.8, 4) is 11.3 Å². The molecule has 2 amide bonds. The summed E-state index contributed by atoms with van der Waals surface area (Å²) in [5.41, 5.74) is 3.68. The number of hydrogen-bond acceptors (Lipinski definition) is 6. The molecule has 1 aromatic carbocycles. The van der Waals surface area contributed by atoms with Crippen LogP contribution in [0.3, 0.4) is 0 Å². The van der Waals surface area contributed by atoms with E-state index in [0.717, 1.165) is 5.56 Å². The number of rotatable bonds is 4. The summed E-state index contributed by atoms with van der Waals surface area (Å²) in [5, 5.41) is 0.657. The van der Waals surface area contributed by atoms with Gasteiger partial charge in [0.25, 0.3) is 17.6 Å². The maximum atomic E-state index is 13.2. The van der Waals surface area contributed by atoms with Crippen LogP contribution in [0.4, 0.5) is 0 Å². The van der Waals surface area contributed by atoms with Crippen LogP contribution >= 0.6 is 0 Å². The van der Waals surface area contributed by atoms with Gasteiger partial charge >= 0.3 is 0 Å². The van der Waals surface area contributed by atoms with Crippen molar-refractivity contribution in [1.82, 2.24) is 29.7 Å². The molecule has 0 radical (unpaired) electrons. The minimum absolute atomic E-state index is 0.0730. The summed E-state index contributed by atoms with van der Waals surface area (Å²) in [7, 11) is 0. The molecule has 0 aliphatic carbocycles. The molecule has 170 valence electrons. The average molecular weight is 454 g/mol. The number of carbonyl (C=O) groups is 3. The Morgan fingerprint density at radius 3 is 2.29 bits per heavy atom. The third kappa shape index (κ3) is 3.81. The van der Waals surface area contributed by atoms with Crippen molar-refractivity contribution in [3.05, 3.63) is 78.1 Å². The van der Waals surface area contributed by atoms with Crippen molar-refractivity contribution >= 4 is 28.5 Å². The van der Waals surface area contributed by atoms with Gasteiger partial charge in [-0.2, -0.15) is 0 Å². The van der Waals surface area contributed by atoms with Crippen LogP contribution in [0.25, 0.3) is 22.2 Å². The fraction of sp³-hybridized carbons (Fsp3) is 0.200. The first-order valence-electron chi connectivity index (χ1n) is 10.9. The number of pyridine rings is 1. The maximum absolute atomic E-state index is 13.2. The normalized spacial score (nSPS) is 13.8. The van der Waals surface area contributed by atoms with Crippen LogP contribution in [0.2, 0.25) is 0 Å². The highest BCUT2D eigenvalue weighted by Crippen LogP contribution is 2.30. The molecule has 9 heteroatoms. The fourth-order valence-corrected chi connectivity index (χ4v) is 4.26. The standard InChI is InChI=1S/C25H22N6O3/c1-16-11-28-21(18-12-26-15-27-13-18)22-20(16)19(14-29-22)23(32)25(34)31-9-7-30(8-10-31)24(33)17-5-3-2-4-6-17/h2-6,11-15,29H,7-10H2,1H3. The number of aromatic nitrogens is 4. The van der Waals surface area contributed by atoms with Crippen LogP contribution in [-0.2, 0) is 4.79 Å². The number of amides is 2. The number of fused-ring (bicyclic) bond motifs is 1. The van der Waals surface area contributed by atoms with Gasteiger partial charge in [-0.3, -0.25) is 19.4 Å². The highest BCUT2D eigenvalue weighted by molar-refractivity contribution is 6.45. The van der Waals surface area contributed by atoms with Gasteiger partial charge in [0.1, 0.15) is 6.33 Å². The number of benzene rings is 1. The van der Waals surface area contributed by atoms with Gasteiger partial charge in [-0.05, 0) is 24.6 Å². The van der Waals surface area contributed by atoms with E-state index < -0.39 is 11.7 Å². The summed E-state index contributed by atoms with van der Waals surface area (Å²) in [6.45, 7) is 3.21. The predicted molar refractivity (Wildman–Crippen MR) is 125 cm³/mol. The number of H-pyrrole nitrogens is 1. The summed E-state index contributed by atoms with van der Waals surface area (Å²) < 4.78 is 0. The first kappa shape index (κ1) is 21.4. The first-order valence-corrected chi connectivity index (χ1v) is 10.9. The van der Waals surface area contributed by atoms with Crippen molar-refractivity contribution in [2.24, 2.45) is 0 Å². The average Bonchev–Trinajstić information content (AvgIpc) is 3.35. The Morgan fingerprint density at radius 2 is 1.59 bits per heavy atom. The summed E-state index contributed by atoms with van der Waals surface area (Å²) in [4.78, 5) is 57.8. The van der Waals surface area contributed by atoms with Gasteiger partial charge in [0, 0.05) is 67.5 Å². The van der Waals surface area contributed by atoms with Crippen molar-refractivity contribution in [2.45, 2.75) is 6.92 Å². The van der Waals surface area contributed by atoms with Gasteiger partial charge in [-0.1, -0.05) is 18.2 Å². The van der Waals surface area contributed by atoms with Crippen molar-refractivity contribution in [2.75, 3.05) is 26.2 Å². The lowest BCUT2D eigenvalue weighted by Crippen LogP contribution is -2.52. The molecule has 0 saturated carbocycles. The number of hydrogen-bond donors (Lipinski definition) is 1. The molecule has 0 spiro atoms. The molecule has 0 atom stereocenters. The Labute approximate surface area is 195 Å². The van der Waals surface area contributed by atoms with E-state index in [1.54, 1.807) is 41.8 Å². The zero-order chi connectivity index (χ0) is 23.7. The van der Waals surface area contributed by atoms with Gasteiger partial charge in [0.05, 0.1) is 16.8 Å². The van der Waals surface area contributed by atoms with Gasteiger partial charge in [-0.15, -0.1) is 0 Å². The first-order chi connectivity index (χ1) is 16.5. The molecule has 1 saturated heterocycles. The molecule has 0 bridgehead atoms. The van der Waals surface area contributed by atoms with E-state index in [2.05, 4.69) is 19.9 Å². The summed E-state index contributed by atoms with van der Waals surface area (Å²) in [5.74, 6) is -1.23. The molecule has 1 N–H and O–H groups in total. The summed E-state index contributed by atoms with van der Waals surface area (Å²) >= 11 is 0. The van der Waals surface area contributed by atoms with Crippen molar-refractivity contribution in [1.29, 1.82) is 0 Å². The van der Waals surface area contributed by atoms with Gasteiger partial charge in [-0.25, -0.2) is 9.97 Å². The number of aromatic amines is 1. The summed E-state index contributed by atoms with van der Waals surface area (Å²) in [6, 6.07) is 9.04. The van der Waals surface area contributed by atoms with Crippen LogP contribution in [-0.4, -0.2) is 73.5 Å². The van der Waals surface area contributed by atoms with E-state index in [-0.39, 0.29) is 5.91 Å². The lowest BCUT2D eigenvalue weighted by atomic mass is 10.0. The van der Waals surface area contributed by atoms with Crippen LogP contribution in [0.15, 0.2) is 61.4 Å². The fourth-order valence-electron chi connectivity index (χ4n) is 4.26. The molecule has 9 nitrogen and oxygen atoms in total. The second-order valence-corrected chi connectivity index (χ2v) is 8.15. The van der Waals surface area contributed by atoms with E-state index >= 15 is 0 Å². The number of Topliss-reactive ketones (excluding diaryl/α,β-unsaturated/α-hetero) is 1. The number of aryl methyl sites for hydroxylation is 1. The van der Waals surface area contributed by atoms with E-state index in [9.17, 15) is 14.4 Å². The zero-order valence-corrected chi connectivity index (χ0v) is 18.6. The lowest BCUT2D eigenvalue weighted by molar-refractivity contribution is -0.127. The molecule has 5 rings (SSSR count). The maximum Gasteiger partial charge on any atom is 0.295 e. The zero-order valence-electron chi connectivity index (χ0n) is 18.6. The second-order valence-electron chi connectivity index (χ2n) is 8.15. The monoisotopic (exact) mass is 454 g/mol. The van der Waals surface area contributed by atoms with Crippen LogP contribution in [0.1, 0.15) is 26.3 Å². The van der Waals surface area contributed by atoms with E-state index in [4.69, 9.17) is 0 Å². The largest absolute Gasteiger partial charge is 0.359 e. The Kier molecular flexibility index (Phi) is 5.59. The Morgan fingerprint density at radius 1 is 0.912 bits per heavy atom. The topological polar surface area (TPSA) is 112 Å². The van der Waals surface area contributed by atoms with Crippen LogP contribution in [0, 0.1) is 6.92 Å². The molecule has 1 aliphatic heterocycles. The number of nitrogens with one attached hydrogen (secondary N) is 1. The smallest absolute Gasteiger partial charge is 0.295 e. The summed E-state index contributed by atoms with van der Waals surface area (Å²) in [6.07, 6.45) is 7.96. The Balaban J connectivity index is 1.35. The quantitative estimate of drug-likeness (QED) is 0.375. The SMILES string of the molecule is Cc1cnc(-c2cncnc2)c2[nH]cc(C(=O)C(=O)N3CCN(C(=O)c4ccccc4)CC3)c12. The highest BCUT2D eigenvalue weighted by Gasteiger charge is 2.30. The minimum atomic E-state index is -0.585. The van der Waals surface area contributed by atoms with Crippen molar-refractivity contribution < 1.29 is 14.4 Å². The van der Waals surface area contributed by atoms with Gasteiger partial charge in [0.15, 0.2) is 0 Å². The molecular formula is C25H22N6O3. The minimum Gasteiger partial charge on any atom is -0.359 e. The molecule has 4 aromatic rings. The highest BCUT2D eigenvalue weighted by atomic mass is 16.2. The molecule has 4 heterocycles. The van der Waals surface area contributed by atoms with Crippen LogP contribution in [0.5, 0.6) is 0 Å². The van der Waals surface area contributed by atoms with E-state index in [0.29, 0.717) is 59.5 Å². The third-order valence-electron chi connectivity index (χ3n) is 6.05. The molecule has 34 heavy (non-hydrogen) atoms. The Hall–Kier alpha value is -4.40. The number of piperazine rings is 1. The number of carbonyl (C=O) groups excluding carboxylic acids is 3. The lowest BCUT2D eigenvalue weighted by Gasteiger charge is -2.34. The molecular weight excluding hydrogens is 432 g/mol. The molecule has 1 fully saturated rings. The van der Waals surface area contributed by atoms with Crippen LogP contribution < -0.4 is 0 Å².